The van der Waals surface area contributed by atoms with E-state index in [1.165, 1.54) is 50.7 Å². The number of furan rings is 1. The lowest BCUT2D eigenvalue weighted by molar-refractivity contribution is -0.141. The van der Waals surface area contributed by atoms with Gasteiger partial charge in [-0.1, -0.05) is 84.3 Å². The molecule has 36 heavy (non-hydrogen) atoms. The number of nitrogens with zero attached hydrogens (tertiary/aromatic N) is 2. The molecule has 0 atom stereocenters. The van der Waals surface area contributed by atoms with Gasteiger partial charge in [0, 0.05) is 19.5 Å². The van der Waals surface area contributed by atoms with Crippen molar-refractivity contribution in [2.45, 2.75) is 98.1 Å². The van der Waals surface area contributed by atoms with Crippen LogP contribution in [0.3, 0.4) is 0 Å². The van der Waals surface area contributed by atoms with Crippen LogP contribution in [0.1, 0.15) is 96.3 Å². The van der Waals surface area contributed by atoms with Gasteiger partial charge in [0.15, 0.2) is 0 Å². The Hall–Kier alpha value is -2.63. The molecule has 5 nitrogen and oxygen atoms in total. The van der Waals surface area contributed by atoms with Gasteiger partial charge in [0.05, 0.1) is 19.4 Å². The molecule has 200 valence electrons. The fourth-order valence-electron chi connectivity index (χ4n) is 4.34. The SMILES string of the molecule is CCCCCCCCCCCC(=O)N(CC(=O)N(Cc1ccc(F)cc1)Cc1ccco1)CC(C)C. The van der Waals surface area contributed by atoms with Gasteiger partial charge in [0.2, 0.25) is 11.8 Å². The molecule has 1 heterocycles. The molecule has 1 aromatic carbocycles. The van der Waals surface area contributed by atoms with Crippen molar-refractivity contribution >= 4 is 11.8 Å². The van der Waals surface area contributed by atoms with E-state index in [9.17, 15) is 14.0 Å². The Kier molecular flexibility index (Phi) is 13.9. The van der Waals surface area contributed by atoms with Crippen LogP contribution in [-0.2, 0) is 22.7 Å². The molecule has 2 amide bonds. The molecule has 6 heteroatoms. The largest absolute Gasteiger partial charge is 0.467 e. The van der Waals surface area contributed by atoms with Gasteiger partial charge in [-0.15, -0.1) is 0 Å². The molecule has 2 rings (SSSR count). The van der Waals surface area contributed by atoms with E-state index in [0.29, 0.717) is 31.8 Å². The van der Waals surface area contributed by atoms with Gasteiger partial charge >= 0.3 is 0 Å². The molecule has 0 aliphatic heterocycles. The zero-order valence-electron chi connectivity index (χ0n) is 22.5. The van der Waals surface area contributed by atoms with Crippen LogP contribution >= 0.6 is 0 Å². The van der Waals surface area contributed by atoms with E-state index >= 15 is 0 Å². The third-order valence-electron chi connectivity index (χ3n) is 6.32. The summed E-state index contributed by atoms with van der Waals surface area (Å²) in [5.41, 5.74) is 0.827. The second-order valence-corrected chi connectivity index (χ2v) is 10.2. The average molecular weight is 501 g/mol. The summed E-state index contributed by atoms with van der Waals surface area (Å²) in [6.45, 7) is 7.55. The normalized spacial score (nSPS) is 11.1. The zero-order chi connectivity index (χ0) is 26.2. The molecule has 2 aromatic rings. The number of amides is 2. The van der Waals surface area contributed by atoms with Crippen molar-refractivity contribution in [3.63, 3.8) is 0 Å². The number of carbonyl (C=O) groups excluding carboxylic acids is 2. The highest BCUT2D eigenvalue weighted by Gasteiger charge is 2.23. The predicted molar refractivity (Wildman–Crippen MR) is 143 cm³/mol. The molecule has 0 spiro atoms. The Bertz CT molecular complexity index is 865. The van der Waals surface area contributed by atoms with Crippen LogP contribution in [-0.4, -0.2) is 34.7 Å². The number of carbonyl (C=O) groups is 2. The van der Waals surface area contributed by atoms with Gasteiger partial charge in [-0.25, -0.2) is 4.39 Å². The Morgan fingerprint density at radius 1 is 0.833 bits per heavy atom. The zero-order valence-corrected chi connectivity index (χ0v) is 22.5. The van der Waals surface area contributed by atoms with Crippen molar-refractivity contribution in [2.24, 2.45) is 5.92 Å². The number of hydrogen-bond donors (Lipinski definition) is 0. The van der Waals surface area contributed by atoms with Crippen LogP contribution in [0.15, 0.2) is 47.1 Å². The fraction of sp³-hybridized carbons (Fsp3) is 0.600. The van der Waals surface area contributed by atoms with Crippen molar-refractivity contribution in [2.75, 3.05) is 13.1 Å². The van der Waals surface area contributed by atoms with Crippen LogP contribution in [0, 0.1) is 11.7 Å². The molecule has 1 aromatic heterocycles. The lowest BCUT2D eigenvalue weighted by atomic mass is 10.1. The first kappa shape index (κ1) is 29.6. The van der Waals surface area contributed by atoms with Crippen molar-refractivity contribution < 1.29 is 18.4 Å². The van der Waals surface area contributed by atoms with E-state index < -0.39 is 0 Å². The predicted octanol–water partition coefficient (Wildman–Crippen LogP) is 7.35. The molecule has 0 aliphatic rings. The first-order chi connectivity index (χ1) is 17.4. The standard InChI is InChI=1S/C30H45FN2O3/c1-4-5-6-7-8-9-10-11-12-15-29(34)32(21-25(2)3)24-30(35)33(23-28-14-13-20-36-28)22-26-16-18-27(31)19-17-26/h13-14,16-20,25H,4-12,15,21-24H2,1-3H3. The number of halogens is 1. The number of unbranched alkanes of at least 4 members (excludes halogenated alkanes) is 8. The summed E-state index contributed by atoms with van der Waals surface area (Å²) in [4.78, 5) is 29.8. The van der Waals surface area contributed by atoms with E-state index in [-0.39, 0.29) is 30.1 Å². The smallest absolute Gasteiger partial charge is 0.242 e. The fourth-order valence-corrected chi connectivity index (χ4v) is 4.34. The maximum Gasteiger partial charge on any atom is 0.242 e. The van der Waals surface area contributed by atoms with Gasteiger partial charge in [-0.05, 0) is 42.2 Å². The van der Waals surface area contributed by atoms with Crippen molar-refractivity contribution in [1.82, 2.24) is 9.80 Å². The van der Waals surface area contributed by atoms with E-state index in [1.807, 2.05) is 6.07 Å². The Balaban J connectivity index is 1.91. The van der Waals surface area contributed by atoms with Gasteiger partial charge in [-0.3, -0.25) is 9.59 Å². The Morgan fingerprint density at radius 2 is 1.47 bits per heavy atom. The summed E-state index contributed by atoms with van der Waals surface area (Å²) in [5.74, 6) is 0.520. The van der Waals surface area contributed by atoms with Crippen LogP contribution < -0.4 is 0 Å². The summed E-state index contributed by atoms with van der Waals surface area (Å²) >= 11 is 0. The second kappa shape index (κ2) is 16.9. The highest BCUT2D eigenvalue weighted by Crippen LogP contribution is 2.15. The van der Waals surface area contributed by atoms with Crippen molar-refractivity contribution in [3.8, 4) is 0 Å². The quantitative estimate of drug-likeness (QED) is 0.201. The molecule has 0 N–H and O–H groups in total. The lowest BCUT2D eigenvalue weighted by Crippen LogP contribution is -2.43. The number of hydrogen-bond acceptors (Lipinski definition) is 3. The van der Waals surface area contributed by atoms with Crippen molar-refractivity contribution in [3.05, 3.63) is 59.8 Å². The highest BCUT2D eigenvalue weighted by molar-refractivity contribution is 5.84. The second-order valence-electron chi connectivity index (χ2n) is 10.2. The summed E-state index contributed by atoms with van der Waals surface area (Å²) in [5, 5.41) is 0. The third kappa shape index (κ3) is 11.9. The minimum atomic E-state index is -0.312. The Labute approximate surface area is 217 Å². The molecule has 0 aliphatic carbocycles. The maximum absolute atomic E-state index is 13.4. The summed E-state index contributed by atoms with van der Waals surface area (Å²) in [7, 11) is 0. The van der Waals surface area contributed by atoms with Gasteiger partial charge < -0.3 is 14.2 Å². The average Bonchev–Trinajstić information content (AvgIpc) is 3.36. The van der Waals surface area contributed by atoms with Crippen LogP contribution in [0.4, 0.5) is 4.39 Å². The van der Waals surface area contributed by atoms with Crippen LogP contribution in [0.2, 0.25) is 0 Å². The minimum absolute atomic E-state index is 0.0380. The van der Waals surface area contributed by atoms with Gasteiger partial charge in [0.25, 0.3) is 0 Å². The van der Waals surface area contributed by atoms with Gasteiger partial charge in [0.1, 0.15) is 11.6 Å². The molecule has 0 fully saturated rings. The molecule has 0 radical (unpaired) electrons. The number of rotatable bonds is 18. The molecular weight excluding hydrogens is 455 g/mol. The first-order valence-corrected chi connectivity index (χ1v) is 13.7. The van der Waals surface area contributed by atoms with Crippen LogP contribution in [0.5, 0.6) is 0 Å². The van der Waals surface area contributed by atoms with E-state index in [4.69, 9.17) is 4.42 Å². The first-order valence-electron chi connectivity index (χ1n) is 13.7. The molecule has 0 saturated carbocycles. The molecular formula is C30H45FN2O3. The lowest BCUT2D eigenvalue weighted by Gasteiger charge is -2.28. The topological polar surface area (TPSA) is 53.8 Å². The summed E-state index contributed by atoms with van der Waals surface area (Å²) < 4.78 is 18.8. The van der Waals surface area contributed by atoms with E-state index in [0.717, 1.165) is 24.8 Å². The Morgan fingerprint density at radius 3 is 2.06 bits per heavy atom. The number of benzene rings is 1. The molecule has 0 bridgehead atoms. The van der Waals surface area contributed by atoms with E-state index in [2.05, 4.69) is 20.8 Å². The minimum Gasteiger partial charge on any atom is -0.467 e. The van der Waals surface area contributed by atoms with Crippen molar-refractivity contribution in [1.29, 1.82) is 0 Å². The monoisotopic (exact) mass is 500 g/mol. The van der Waals surface area contributed by atoms with E-state index in [1.54, 1.807) is 34.3 Å². The highest BCUT2D eigenvalue weighted by atomic mass is 19.1. The van der Waals surface area contributed by atoms with Gasteiger partial charge in [-0.2, -0.15) is 0 Å². The summed E-state index contributed by atoms with van der Waals surface area (Å²) in [6.07, 6.45) is 12.9. The third-order valence-corrected chi connectivity index (χ3v) is 6.32. The molecule has 0 saturated heterocycles. The molecule has 0 unspecified atom stereocenters. The maximum atomic E-state index is 13.4. The summed E-state index contributed by atoms with van der Waals surface area (Å²) in [6, 6.07) is 9.76. The van der Waals surface area contributed by atoms with Crippen LogP contribution in [0.25, 0.3) is 0 Å².